The number of benzene rings is 5. The minimum Gasteiger partial charge on any atom is -0.458 e. The Morgan fingerprint density at radius 1 is 0.314 bits per heavy atom. The van der Waals surface area contributed by atoms with Gasteiger partial charge < -0.3 is 18.9 Å². The summed E-state index contributed by atoms with van der Waals surface area (Å²) in [5, 5.41) is 0. The van der Waals surface area contributed by atoms with Crippen molar-refractivity contribution in [3.8, 4) is 0 Å². The third-order valence-electron chi connectivity index (χ3n) is 27.9. The van der Waals surface area contributed by atoms with Crippen molar-refractivity contribution in [2.75, 3.05) is 0 Å². The van der Waals surface area contributed by atoms with Crippen molar-refractivity contribution >= 4 is 23.9 Å². The van der Waals surface area contributed by atoms with E-state index in [0.717, 1.165) is 77.0 Å². The Balaban J connectivity index is 0.951. The Bertz CT molecular complexity index is 2970. The summed E-state index contributed by atoms with van der Waals surface area (Å²) in [6, 6.07) is 44.8. The van der Waals surface area contributed by atoms with Gasteiger partial charge in [0.05, 0.1) is 22.3 Å². The van der Waals surface area contributed by atoms with Crippen LogP contribution in [-0.2, 0) is 44.6 Å². The molecule has 0 aromatic heterocycles. The van der Waals surface area contributed by atoms with E-state index in [4.69, 9.17) is 18.9 Å². The summed E-state index contributed by atoms with van der Waals surface area (Å²) in [5.74, 6) is -1.73. The van der Waals surface area contributed by atoms with Crippen LogP contribution in [0, 0.1) is 90.7 Å². The maximum absolute atomic E-state index is 16.1. The standard InChI is InChI=1S/C78H94O8/c1-71(2)59-33-37-75(71,9)63(55(59)41-47-25-17-13-18-26-47)83-67(79)51-45-53(69(81)85-65-57(43-49-29-21-15-22-30-49)61-35-39-77(65,11)73(61,5)6)54(70(82)86-66-58(44-50-31-23-16-24-32-50)62-36-40-78(66,12)74(62,7)8)46-52(51)68(80)84-64-56(42-48-27-19-14-20-28-48)60-34-38-76(64,10)72(60,3)4/h13-32,45-46,55-66H,33-44H2,1-12H3/t55-,56-,57-,58-,59?,60?,61?,62?,63+,64+,65+,66+,75+,76+,77+,78+/m0/s1. The van der Waals surface area contributed by atoms with Crippen LogP contribution in [0.25, 0.3) is 0 Å². The fourth-order valence-corrected chi connectivity index (χ4v) is 21.4. The van der Waals surface area contributed by atoms with Crippen LogP contribution in [0.4, 0.5) is 0 Å². The average molecular weight is 1160 g/mol. The van der Waals surface area contributed by atoms with E-state index >= 15 is 19.2 Å². The molecule has 8 fully saturated rings. The molecule has 4 unspecified atom stereocenters. The van der Waals surface area contributed by atoms with Crippen molar-refractivity contribution in [1.82, 2.24) is 0 Å². The highest BCUT2D eigenvalue weighted by atomic mass is 16.6. The quantitative estimate of drug-likeness (QED) is 0.0711. The van der Waals surface area contributed by atoms with Crippen LogP contribution in [-0.4, -0.2) is 48.3 Å². The van der Waals surface area contributed by atoms with Gasteiger partial charge >= 0.3 is 23.9 Å². The van der Waals surface area contributed by atoms with Crippen molar-refractivity contribution in [3.05, 3.63) is 178 Å². The Morgan fingerprint density at radius 3 is 0.686 bits per heavy atom. The van der Waals surface area contributed by atoms with E-state index in [1.54, 1.807) is 0 Å². The lowest BCUT2D eigenvalue weighted by molar-refractivity contribution is -0.0450. The molecule has 0 aliphatic heterocycles. The normalized spacial score (nSPS) is 36.7. The van der Waals surface area contributed by atoms with Gasteiger partial charge in [0.2, 0.25) is 0 Å². The van der Waals surface area contributed by atoms with E-state index in [0.29, 0.717) is 0 Å². The van der Waals surface area contributed by atoms with Crippen LogP contribution in [0.5, 0.6) is 0 Å². The first kappa shape index (κ1) is 59.0. The zero-order chi connectivity index (χ0) is 60.7. The molecule has 5 aromatic rings. The molecule has 16 atom stereocenters. The van der Waals surface area contributed by atoms with E-state index < -0.39 is 48.3 Å². The average Bonchev–Trinajstić information content (AvgIpc) is 1.57. The molecule has 13 rings (SSSR count). The van der Waals surface area contributed by atoms with Crippen LogP contribution in [0.1, 0.15) is 198 Å². The Hall–Kier alpha value is -6.02. The first-order valence-corrected chi connectivity index (χ1v) is 32.9. The van der Waals surface area contributed by atoms with Gasteiger partial charge in [0, 0.05) is 45.3 Å². The third kappa shape index (κ3) is 8.74. The minimum atomic E-state index is -0.709. The monoisotopic (exact) mass is 1160 g/mol. The molecule has 0 heterocycles. The molecule has 8 aliphatic rings. The number of esters is 4. The van der Waals surface area contributed by atoms with Gasteiger partial charge in [-0.15, -0.1) is 0 Å². The third-order valence-corrected chi connectivity index (χ3v) is 27.9. The smallest absolute Gasteiger partial charge is 0.339 e. The van der Waals surface area contributed by atoms with Crippen molar-refractivity contribution < 1.29 is 38.1 Å². The molecule has 454 valence electrons. The van der Waals surface area contributed by atoms with Gasteiger partial charge in [0.25, 0.3) is 0 Å². The Labute approximate surface area is 512 Å². The fourth-order valence-electron chi connectivity index (χ4n) is 21.4. The van der Waals surface area contributed by atoms with Gasteiger partial charge in [0.1, 0.15) is 24.4 Å². The van der Waals surface area contributed by atoms with E-state index in [9.17, 15) is 0 Å². The second-order valence-corrected chi connectivity index (χ2v) is 31.8. The summed E-state index contributed by atoms with van der Waals surface area (Å²) in [7, 11) is 0. The predicted molar refractivity (Wildman–Crippen MR) is 336 cm³/mol. The Morgan fingerprint density at radius 2 is 0.500 bits per heavy atom. The first-order valence-electron chi connectivity index (χ1n) is 32.9. The highest BCUT2D eigenvalue weighted by Crippen LogP contribution is 2.73. The lowest BCUT2D eigenvalue weighted by atomic mass is 9.70. The molecule has 0 N–H and O–H groups in total. The Kier molecular flexibility index (Phi) is 14.3. The lowest BCUT2D eigenvalue weighted by Gasteiger charge is -2.40. The summed E-state index contributed by atoms with van der Waals surface area (Å²) in [6.07, 6.45) is 8.50. The second kappa shape index (κ2) is 20.8. The SMILES string of the molecule is CC1(C)C2CC[C@]1(C)[C@H](OC(=O)c1cc(C(=O)O[C@@H]3[C@@H](Cc4ccccc4)C4CC[C@@]3(C)C4(C)C)c(C(=O)O[C@@H]3[C@@H](Cc4ccccc4)C4CC[C@@]3(C)C4(C)C)cc1C(=O)O[C@@H]1[C@@H](Cc3ccccc3)C3CC[C@@]1(C)C3(C)C)[C@H]2Cc1ccccc1. The molecule has 8 heteroatoms. The van der Waals surface area contributed by atoms with Crippen LogP contribution in [0.15, 0.2) is 133 Å². The topological polar surface area (TPSA) is 105 Å². The molecular formula is C78H94O8. The molecule has 8 bridgehead atoms. The van der Waals surface area contributed by atoms with Gasteiger partial charge in [-0.05, 0) is 157 Å². The minimum absolute atomic E-state index is 0.00113. The van der Waals surface area contributed by atoms with E-state index in [1.807, 2.05) is 24.3 Å². The summed E-state index contributed by atoms with van der Waals surface area (Å²) in [4.78, 5) is 64.3. The van der Waals surface area contributed by atoms with Crippen LogP contribution < -0.4 is 0 Å². The molecule has 5 aromatic carbocycles. The maximum atomic E-state index is 16.1. The number of carbonyl (C=O) groups excluding carboxylic acids is 4. The number of rotatable bonds is 16. The highest BCUT2D eigenvalue weighted by Gasteiger charge is 2.71. The van der Waals surface area contributed by atoms with Crippen molar-refractivity contribution in [2.45, 2.75) is 185 Å². The maximum Gasteiger partial charge on any atom is 0.339 e. The first-order chi connectivity index (χ1) is 40.8. The van der Waals surface area contributed by atoms with E-state index in [-0.39, 0.29) is 113 Å². The van der Waals surface area contributed by atoms with Gasteiger partial charge in [-0.3, -0.25) is 0 Å². The van der Waals surface area contributed by atoms with Gasteiger partial charge in [-0.1, -0.05) is 204 Å². The fraction of sp³-hybridized carbons (Fsp3) is 0.564. The van der Waals surface area contributed by atoms with Crippen molar-refractivity contribution in [2.24, 2.45) is 90.7 Å². The van der Waals surface area contributed by atoms with E-state index in [2.05, 4.69) is 180 Å². The van der Waals surface area contributed by atoms with Gasteiger partial charge in [-0.25, -0.2) is 19.2 Å². The van der Waals surface area contributed by atoms with Crippen LogP contribution in [0.3, 0.4) is 0 Å². The highest BCUT2D eigenvalue weighted by molar-refractivity contribution is 6.10. The largest absolute Gasteiger partial charge is 0.458 e. The lowest BCUT2D eigenvalue weighted by Crippen LogP contribution is -2.43. The van der Waals surface area contributed by atoms with Crippen LogP contribution >= 0.6 is 0 Å². The van der Waals surface area contributed by atoms with E-state index in [1.165, 1.54) is 34.4 Å². The number of hydrogen-bond donors (Lipinski definition) is 0. The molecule has 86 heavy (non-hydrogen) atoms. The second-order valence-electron chi connectivity index (χ2n) is 31.8. The predicted octanol–water partition coefficient (Wildman–Crippen LogP) is 17.0. The summed E-state index contributed by atoms with van der Waals surface area (Å²) in [6.45, 7) is 27.6. The number of fused-ring (bicyclic) bond motifs is 8. The summed E-state index contributed by atoms with van der Waals surface area (Å²) < 4.78 is 28.3. The zero-order valence-electron chi connectivity index (χ0n) is 53.4. The molecule has 8 saturated carbocycles. The molecule has 0 amide bonds. The number of hydrogen-bond acceptors (Lipinski definition) is 8. The molecule has 0 spiro atoms. The van der Waals surface area contributed by atoms with Crippen LogP contribution in [0.2, 0.25) is 0 Å². The number of carbonyl (C=O) groups is 4. The molecule has 0 saturated heterocycles. The molecule has 8 nitrogen and oxygen atoms in total. The zero-order valence-corrected chi connectivity index (χ0v) is 53.4. The molecule has 8 aliphatic carbocycles. The van der Waals surface area contributed by atoms with Gasteiger partial charge in [0.15, 0.2) is 0 Å². The molecule has 0 radical (unpaired) electrons. The van der Waals surface area contributed by atoms with Crippen molar-refractivity contribution in [1.29, 1.82) is 0 Å². The van der Waals surface area contributed by atoms with Crippen molar-refractivity contribution in [3.63, 3.8) is 0 Å². The summed E-state index contributed by atoms with van der Waals surface area (Å²) in [5.41, 5.74) is 2.15. The molecular weight excluding hydrogens is 1060 g/mol. The number of ether oxygens (including phenoxy) is 4. The van der Waals surface area contributed by atoms with Gasteiger partial charge in [-0.2, -0.15) is 0 Å². The summed E-state index contributed by atoms with van der Waals surface area (Å²) >= 11 is 0.